The summed E-state index contributed by atoms with van der Waals surface area (Å²) in [5.41, 5.74) is 0.937. The van der Waals surface area contributed by atoms with Gasteiger partial charge in [0, 0.05) is 12.7 Å². The molecule has 0 fully saturated rings. The Morgan fingerprint density at radius 1 is 1.25 bits per heavy atom. The molecule has 0 spiro atoms. The quantitative estimate of drug-likeness (QED) is 0.311. The topological polar surface area (TPSA) is 82.7 Å². The Labute approximate surface area is 141 Å². The second-order valence-corrected chi connectivity index (χ2v) is 5.74. The maximum Gasteiger partial charge on any atom is 0.322 e. The molecule has 1 amide bonds. The second-order valence-electron chi connectivity index (χ2n) is 5.74. The number of nitrogens with zero attached hydrogens (tertiary/aromatic N) is 4. The number of benzene rings is 1. The van der Waals surface area contributed by atoms with E-state index in [1.54, 1.807) is 4.90 Å². The molecule has 1 N–H and O–H groups in total. The lowest BCUT2D eigenvalue weighted by molar-refractivity contribution is -0.151. The third-order valence-corrected chi connectivity index (χ3v) is 3.89. The zero-order valence-corrected chi connectivity index (χ0v) is 14.1. The lowest BCUT2D eigenvalue weighted by Crippen LogP contribution is -2.24. The van der Waals surface area contributed by atoms with Gasteiger partial charge < -0.3 is 4.42 Å². The van der Waals surface area contributed by atoms with Gasteiger partial charge in [-0.05, 0) is 18.6 Å². The van der Waals surface area contributed by atoms with E-state index >= 15 is 0 Å². The molecule has 1 aromatic carbocycles. The van der Waals surface area contributed by atoms with Crippen LogP contribution in [0.1, 0.15) is 44.4 Å². The summed E-state index contributed by atoms with van der Waals surface area (Å²) in [6.07, 6.45) is 4.30. The fraction of sp³-hybridized carbons (Fsp3) is 0.471. The average molecular weight is 332 g/mol. The zero-order valence-electron chi connectivity index (χ0n) is 14.1. The van der Waals surface area contributed by atoms with Crippen LogP contribution in [0.25, 0.3) is 0 Å². The summed E-state index contributed by atoms with van der Waals surface area (Å²) in [5.74, 6) is 0.252. The van der Waals surface area contributed by atoms with E-state index in [-0.39, 0.29) is 12.5 Å². The van der Waals surface area contributed by atoms with Gasteiger partial charge in [-0.3, -0.25) is 14.9 Å². The van der Waals surface area contributed by atoms with Gasteiger partial charge >= 0.3 is 6.01 Å². The first-order valence-corrected chi connectivity index (χ1v) is 8.18. The molecule has 0 unspecified atom stereocenters. The van der Waals surface area contributed by atoms with Crippen molar-refractivity contribution in [3.63, 3.8) is 0 Å². The molecule has 1 heterocycles. The van der Waals surface area contributed by atoms with Gasteiger partial charge in [0.1, 0.15) is 0 Å². The van der Waals surface area contributed by atoms with Gasteiger partial charge in [-0.15, -0.1) is 5.10 Å². The number of anilines is 2. The van der Waals surface area contributed by atoms with Crippen LogP contribution in [-0.4, -0.2) is 40.5 Å². The van der Waals surface area contributed by atoms with E-state index in [1.807, 2.05) is 37.4 Å². The molecule has 0 aliphatic rings. The molecule has 24 heavy (non-hydrogen) atoms. The minimum absolute atomic E-state index is 0.143. The number of hydrogen-bond acceptors (Lipinski definition) is 6. The number of carbonyl (C=O) groups is 1. The number of aromatic nitrogens is 2. The van der Waals surface area contributed by atoms with Crippen LogP contribution in [0.4, 0.5) is 11.7 Å². The maximum absolute atomic E-state index is 10.7. The molecular weight excluding hydrogens is 308 g/mol. The van der Waals surface area contributed by atoms with E-state index in [1.165, 1.54) is 0 Å². The lowest BCUT2D eigenvalue weighted by Gasteiger charge is -2.17. The normalized spacial score (nSPS) is 12.0. The maximum atomic E-state index is 10.7. The van der Waals surface area contributed by atoms with Crippen molar-refractivity contribution in [2.24, 2.45) is 0 Å². The number of hydroxylamine groups is 2. The fourth-order valence-corrected chi connectivity index (χ4v) is 2.49. The van der Waals surface area contributed by atoms with Crippen LogP contribution >= 0.6 is 0 Å². The minimum Gasteiger partial charge on any atom is -0.407 e. The first-order valence-electron chi connectivity index (χ1n) is 8.18. The molecule has 7 heteroatoms. The zero-order chi connectivity index (χ0) is 17.4. The van der Waals surface area contributed by atoms with Crippen LogP contribution in [0.2, 0.25) is 0 Å². The molecule has 1 aromatic heterocycles. The molecule has 130 valence electrons. The SMILES string of the molecule is CCCCC[C@H](CN(O)C=O)c1nnc(N(C)c2ccccc2)o1. The molecule has 7 nitrogen and oxygen atoms in total. The van der Waals surface area contributed by atoms with Gasteiger partial charge in [-0.1, -0.05) is 49.5 Å². The first kappa shape index (κ1) is 17.9. The van der Waals surface area contributed by atoms with Gasteiger partial charge in [0.05, 0.1) is 12.5 Å². The van der Waals surface area contributed by atoms with Crippen molar-refractivity contribution in [3.8, 4) is 0 Å². The summed E-state index contributed by atoms with van der Waals surface area (Å²) < 4.78 is 5.79. The summed E-state index contributed by atoms with van der Waals surface area (Å²) >= 11 is 0. The number of para-hydroxylation sites is 1. The molecular formula is C17H24N4O3. The predicted octanol–water partition coefficient (Wildman–Crippen LogP) is 3.35. The fourth-order valence-electron chi connectivity index (χ4n) is 2.49. The lowest BCUT2D eigenvalue weighted by atomic mass is 10.0. The van der Waals surface area contributed by atoms with E-state index in [4.69, 9.17) is 4.42 Å². The van der Waals surface area contributed by atoms with Crippen molar-refractivity contribution >= 4 is 18.1 Å². The van der Waals surface area contributed by atoms with E-state index in [9.17, 15) is 10.0 Å². The van der Waals surface area contributed by atoms with Gasteiger partial charge in [-0.25, -0.2) is 5.06 Å². The standard InChI is InChI=1S/C17H24N4O3/c1-3-4-6-9-14(12-21(23)13-22)16-18-19-17(24-16)20(2)15-10-7-5-8-11-15/h5,7-8,10-11,13-14,23H,3-4,6,9,12H2,1-2H3/t14-/m1/s1. The Morgan fingerprint density at radius 2 is 2.00 bits per heavy atom. The van der Waals surface area contributed by atoms with E-state index in [2.05, 4.69) is 17.1 Å². The van der Waals surface area contributed by atoms with Gasteiger partial charge in [-0.2, -0.15) is 0 Å². The molecule has 0 bridgehead atoms. The van der Waals surface area contributed by atoms with Crippen molar-refractivity contribution in [3.05, 3.63) is 36.2 Å². The number of unbranched alkanes of at least 4 members (excludes halogenated alkanes) is 2. The largest absolute Gasteiger partial charge is 0.407 e. The number of carbonyl (C=O) groups excluding carboxylic acids is 1. The highest BCUT2D eigenvalue weighted by molar-refractivity contribution is 5.54. The highest BCUT2D eigenvalue weighted by Crippen LogP contribution is 2.27. The Bertz CT molecular complexity index is 617. The Balaban J connectivity index is 2.12. The summed E-state index contributed by atoms with van der Waals surface area (Å²) in [7, 11) is 1.85. The summed E-state index contributed by atoms with van der Waals surface area (Å²) in [5, 5.41) is 18.3. The highest BCUT2D eigenvalue weighted by Gasteiger charge is 2.22. The van der Waals surface area contributed by atoms with Crippen LogP contribution < -0.4 is 4.90 Å². The van der Waals surface area contributed by atoms with Crippen LogP contribution in [0.3, 0.4) is 0 Å². The highest BCUT2D eigenvalue weighted by atomic mass is 16.5. The molecule has 0 aliphatic heterocycles. The molecule has 1 atom stereocenters. The smallest absolute Gasteiger partial charge is 0.322 e. The molecule has 0 aliphatic carbocycles. The molecule has 0 saturated heterocycles. The van der Waals surface area contributed by atoms with Crippen molar-refractivity contribution in [2.75, 3.05) is 18.5 Å². The number of hydrogen-bond donors (Lipinski definition) is 1. The van der Waals surface area contributed by atoms with Crippen molar-refractivity contribution in [1.82, 2.24) is 15.3 Å². The van der Waals surface area contributed by atoms with Gasteiger partial charge in [0.15, 0.2) is 0 Å². The van der Waals surface area contributed by atoms with Crippen LogP contribution in [-0.2, 0) is 4.79 Å². The van der Waals surface area contributed by atoms with E-state index in [0.717, 1.165) is 31.4 Å². The van der Waals surface area contributed by atoms with Gasteiger partial charge in [0.25, 0.3) is 0 Å². The average Bonchev–Trinajstić information content (AvgIpc) is 3.11. The Hall–Kier alpha value is -2.41. The van der Waals surface area contributed by atoms with Crippen molar-refractivity contribution < 1.29 is 14.4 Å². The first-order chi connectivity index (χ1) is 11.7. The predicted molar refractivity (Wildman–Crippen MR) is 90.2 cm³/mol. The molecule has 2 aromatic rings. The molecule has 0 saturated carbocycles. The number of amides is 1. The van der Waals surface area contributed by atoms with Crippen LogP contribution in [0, 0.1) is 0 Å². The van der Waals surface area contributed by atoms with Crippen molar-refractivity contribution in [1.29, 1.82) is 0 Å². The Kier molecular flexibility index (Phi) is 6.74. The third-order valence-electron chi connectivity index (χ3n) is 3.89. The van der Waals surface area contributed by atoms with Gasteiger partial charge in [0.2, 0.25) is 12.3 Å². The van der Waals surface area contributed by atoms with Crippen molar-refractivity contribution in [2.45, 2.75) is 38.5 Å². The second kappa shape index (κ2) is 9.02. The summed E-state index contributed by atoms with van der Waals surface area (Å²) in [6.45, 7) is 2.27. The minimum atomic E-state index is -0.183. The summed E-state index contributed by atoms with van der Waals surface area (Å²) in [6, 6.07) is 10.1. The number of rotatable bonds is 10. The molecule has 2 rings (SSSR count). The van der Waals surface area contributed by atoms with Crippen LogP contribution in [0.5, 0.6) is 0 Å². The van der Waals surface area contributed by atoms with E-state index in [0.29, 0.717) is 23.4 Å². The Morgan fingerprint density at radius 3 is 2.67 bits per heavy atom. The molecule has 0 radical (unpaired) electrons. The van der Waals surface area contributed by atoms with E-state index < -0.39 is 0 Å². The monoisotopic (exact) mass is 332 g/mol. The summed E-state index contributed by atoms with van der Waals surface area (Å²) in [4.78, 5) is 12.5. The van der Waals surface area contributed by atoms with Crippen LogP contribution in [0.15, 0.2) is 34.7 Å². The third kappa shape index (κ3) is 4.79.